The second-order valence-corrected chi connectivity index (χ2v) is 15.8. The second kappa shape index (κ2) is 14.8. The number of aromatic hydroxyl groups is 1. The highest BCUT2D eigenvalue weighted by Crippen LogP contribution is 2.65. The van der Waals surface area contributed by atoms with Crippen molar-refractivity contribution in [3.05, 3.63) is 133 Å². The summed E-state index contributed by atoms with van der Waals surface area (Å²) in [6.07, 6.45) is -4.27. The summed E-state index contributed by atoms with van der Waals surface area (Å²) in [5.41, 5.74) is -1.73. The van der Waals surface area contributed by atoms with Gasteiger partial charge in [-0.15, -0.1) is 13.2 Å². The van der Waals surface area contributed by atoms with Gasteiger partial charge in [0.05, 0.1) is 44.4 Å². The van der Waals surface area contributed by atoms with Gasteiger partial charge in [-0.2, -0.15) is 5.01 Å². The molecule has 16 nitrogen and oxygen atoms in total. The van der Waals surface area contributed by atoms with Crippen LogP contribution >= 0.6 is 11.6 Å². The minimum Gasteiger partial charge on any atom is -0.508 e. The number of hydrogen-bond donors (Lipinski definition) is 2. The Hall–Kier alpha value is -7.09. The quantitative estimate of drug-likeness (QED) is 0.0565. The Kier molecular flexibility index (Phi) is 9.95. The third kappa shape index (κ3) is 6.52. The van der Waals surface area contributed by atoms with Gasteiger partial charge in [-0.05, 0) is 78.9 Å². The number of nitro groups is 2. The lowest BCUT2D eigenvalue weighted by molar-refractivity contribution is -0.392. The van der Waals surface area contributed by atoms with Gasteiger partial charge in [0.25, 0.3) is 11.8 Å². The maximum Gasteiger partial charge on any atom is 0.573 e. The van der Waals surface area contributed by atoms with Crippen molar-refractivity contribution in [2.24, 2.45) is 23.7 Å². The van der Waals surface area contributed by atoms with Crippen LogP contribution in [-0.4, -0.2) is 64.0 Å². The first-order chi connectivity index (χ1) is 29.2. The van der Waals surface area contributed by atoms with Gasteiger partial charge in [-0.3, -0.25) is 44.8 Å². The molecular weight excluding hydrogens is 848 g/mol. The van der Waals surface area contributed by atoms with Crippen molar-refractivity contribution < 1.29 is 56.4 Å². The molecule has 4 aliphatic rings. The number of nitrogens with zero attached hydrogens (tertiary/aromatic N) is 5. The summed E-state index contributed by atoms with van der Waals surface area (Å²) in [4.78, 5) is 83.7. The Morgan fingerprint density at radius 3 is 2.10 bits per heavy atom. The van der Waals surface area contributed by atoms with Crippen molar-refractivity contribution in [1.82, 2.24) is 5.01 Å². The lowest BCUT2D eigenvalue weighted by atomic mass is 9.49. The molecule has 4 aromatic rings. The highest BCUT2D eigenvalue weighted by Gasteiger charge is 2.71. The SMILES string of the molecule is CN(C)c1c([N+](=O)[O-])cc(N2C(=O)C3CC=C4C(CC5C(=O)N(Nc6ccc(F)cc6)C(=O)C5(c5ccc(Cl)cc5)C4c4cc(OC(F)(F)F)ccc4O)C3C2=O)cc1[N+](=O)[O-]. The maximum atomic E-state index is 15.3. The van der Waals surface area contributed by atoms with Crippen molar-refractivity contribution in [2.75, 3.05) is 29.3 Å². The van der Waals surface area contributed by atoms with Gasteiger partial charge >= 0.3 is 17.7 Å². The molecular formula is C41H31ClF4N6O10. The van der Waals surface area contributed by atoms with Crippen molar-refractivity contribution in [3.63, 3.8) is 0 Å². The molecule has 6 unspecified atom stereocenters. The largest absolute Gasteiger partial charge is 0.573 e. The first-order valence-corrected chi connectivity index (χ1v) is 19.1. The number of halogens is 5. The Balaban J connectivity index is 1.34. The highest BCUT2D eigenvalue weighted by atomic mass is 35.5. The average molecular weight is 879 g/mol. The van der Waals surface area contributed by atoms with Crippen molar-refractivity contribution >= 4 is 63.7 Å². The molecule has 0 radical (unpaired) electrons. The normalized spacial score (nSPS) is 24.3. The molecule has 0 bridgehead atoms. The van der Waals surface area contributed by atoms with E-state index in [-0.39, 0.29) is 40.3 Å². The Morgan fingerprint density at radius 1 is 0.887 bits per heavy atom. The molecule has 62 heavy (non-hydrogen) atoms. The highest BCUT2D eigenvalue weighted by molar-refractivity contribution is 6.30. The fourth-order valence-corrected chi connectivity index (χ4v) is 9.80. The number of rotatable bonds is 9. The van der Waals surface area contributed by atoms with E-state index < -0.39 is 115 Å². The fourth-order valence-electron chi connectivity index (χ4n) is 9.67. The number of ether oxygens (including phenoxy) is 1. The van der Waals surface area contributed by atoms with Crippen LogP contribution in [0.4, 0.5) is 46.0 Å². The van der Waals surface area contributed by atoms with E-state index in [2.05, 4.69) is 10.2 Å². The first-order valence-electron chi connectivity index (χ1n) is 18.7. The molecule has 2 aliphatic heterocycles. The van der Waals surface area contributed by atoms with E-state index in [1.807, 2.05) is 0 Å². The number of imide groups is 2. The van der Waals surface area contributed by atoms with Gasteiger partial charge in [-0.25, -0.2) is 9.29 Å². The number of fused-ring (bicyclic) bond motifs is 4. The predicted octanol–water partition coefficient (Wildman–Crippen LogP) is 7.16. The number of nitro benzene ring substituents is 2. The van der Waals surface area contributed by atoms with E-state index in [4.69, 9.17) is 11.6 Å². The van der Waals surface area contributed by atoms with Crippen molar-refractivity contribution in [3.8, 4) is 11.5 Å². The predicted molar refractivity (Wildman–Crippen MR) is 210 cm³/mol. The van der Waals surface area contributed by atoms with E-state index in [9.17, 15) is 57.3 Å². The number of carbonyl (C=O) groups excluding carboxylic acids is 4. The fraction of sp³-hybridized carbons (Fsp3) is 0.268. The molecule has 2 heterocycles. The molecule has 2 saturated heterocycles. The molecule has 2 aliphatic carbocycles. The van der Waals surface area contributed by atoms with Crippen molar-refractivity contribution in [1.29, 1.82) is 0 Å². The Morgan fingerprint density at radius 2 is 1.52 bits per heavy atom. The summed E-state index contributed by atoms with van der Waals surface area (Å²) in [5, 5.41) is 36.9. The molecule has 4 aromatic carbocycles. The second-order valence-electron chi connectivity index (χ2n) is 15.4. The van der Waals surface area contributed by atoms with Crippen LogP contribution in [0.3, 0.4) is 0 Å². The van der Waals surface area contributed by atoms with E-state index in [1.165, 1.54) is 56.6 Å². The van der Waals surface area contributed by atoms with Crippen LogP contribution in [0, 0.1) is 49.7 Å². The third-order valence-corrected chi connectivity index (χ3v) is 12.2. The van der Waals surface area contributed by atoms with Gasteiger partial charge < -0.3 is 14.7 Å². The summed E-state index contributed by atoms with van der Waals surface area (Å²) in [5.74, 6) is -12.5. The number of phenolic OH excluding ortho intramolecular Hbond substituents is 1. The summed E-state index contributed by atoms with van der Waals surface area (Å²) in [7, 11) is 2.67. The molecule has 320 valence electrons. The molecule has 8 rings (SSSR count). The molecule has 1 saturated carbocycles. The van der Waals surface area contributed by atoms with E-state index in [0.29, 0.717) is 9.91 Å². The summed E-state index contributed by atoms with van der Waals surface area (Å²) < 4.78 is 59.2. The first kappa shape index (κ1) is 41.6. The van der Waals surface area contributed by atoms with Crippen LogP contribution in [0.15, 0.2) is 90.5 Å². The minimum absolute atomic E-state index is 0.0883. The molecule has 4 amide bonds. The molecule has 0 aromatic heterocycles. The number of carbonyl (C=O) groups is 4. The number of benzene rings is 4. The van der Waals surface area contributed by atoms with Gasteiger partial charge in [0, 0.05) is 42.7 Å². The van der Waals surface area contributed by atoms with Gasteiger partial charge in [0.1, 0.15) is 17.3 Å². The maximum absolute atomic E-state index is 15.3. The van der Waals surface area contributed by atoms with Crippen LogP contribution in [0.2, 0.25) is 5.02 Å². The zero-order chi connectivity index (χ0) is 44.7. The number of phenols is 1. The van der Waals surface area contributed by atoms with Crippen LogP contribution in [-0.2, 0) is 24.6 Å². The van der Waals surface area contributed by atoms with E-state index in [0.717, 1.165) is 47.4 Å². The minimum atomic E-state index is -5.21. The molecule has 21 heteroatoms. The van der Waals surface area contributed by atoms with Gasteiger partial charge in [0.15, 0.2) is 5.69 Å². The Labute approximate surface area is 352 Å². The summed E-state index contributed by atoms with van der Waals surface area (Å²) >= 11 is 6.28. The number of amides is 4. The van der Waals surface area contributed by atoms with Crippen molar-refractivity contribution in [2.45, 2.75) is 30.5 Å². The lowest BCUT2D eigenvalue weighted by Gasteiger charge is -2.50. The van der Waals surface area contributed by atoms with Crippen LogP contribution in [0.1, 0.15) is 29.9 Å². The number of hydrogen-bond acceptors (Lipinski definition) is 12. The number of hydrazine groups is 1. The monoisotopic (exact) mass is 878 g/mol. The van der Waals surface area contributed by atoms with Crippen LogP contribution < -0.4 is 20.0 Å². The van der Waals surface area contributed by atoms with Gasteiger partial charge in [0.2, 0.25) is 11.8 Å². The van der Waals surface area contributed by atoms with E-state index >= 15 is 4.79 Å². The van der Waals surface area contributed by atoms with Crippen LogP contribution in [0.5, 0.6) is 11.5 Å². The van der Waals surface area contributed by atoms with Crippen LogP contribution in [0.25, 0.3) is 0 Å². The zero-order valence-corrected chi connectivity index (χ0v) is 32.9. The standard InChI is InChI=1S/C41H31ClF4N6O10/c1-48(2)35-30(51(58)59)15-23(16-31(35)52(60)61)49-36(54)26-13-12-25-27(33(26)38(49)56)18-29-37(55)50(47-22-9-7-21(43)8-10-22)39(57)40(29,19-3-5-20(42)6-4-19)34(25)28-17-24(11-14-32(28)53)62-41(44,45)46/h3-12,14-17,26-27,29,33-34,47,53H,13,18H2,1-2H3. The third-order valence-electron chi connectivity index (χ3n) is 12.0. The Bertz CT molecular complexity index is 2610. The molecule has 6 atom stereocenters. The molecule has 3 fully saturated rings. The smallest absolute Gasteiger partial charge is 0.508 e. The number of alkyl halides is 3. The zero-order valence-electron chi connectivity index (χ0n) is 32.1. The average Bonchev–Trinajstić information content (AvgIpc) is 3.59. The molecule has 2 N–H and O–H groups in total. The topological polar surface area (TPSA) is 206 Å². The number of nitrogens with one attached hydrogen (secondary N) is 1. The number of anilines is 3. The number of allylic oxidation sites excluding steroid dienone is 2. The summed E-state index contributed by atoms with van der Waals surface area (Å²) in [6.45, 7) is 0. The van der Waals surface area contributed by atoms with Gasteiger partial charge in [-0.1, -0.05) is 35.4 Å². The van der Waals surface area contributed by atoms with E-state index in [1.54, 1.807) is 0 Å². The summed E-state index contributed by atoms with van der Waals surface area (Å²) in [6, 6.07) is 14.7. The molecule has 0 spiro atoms. The lowest BCUT2D eigenvalue weighted by Crippen LogP contribution is -2.53.